The number of aliphatic hydroxyl groups is 3. The second-order valence-electron chi connectivity index (χ2n) is 11.7. The summed E-state index contributed by atoms with van der Waals surface area (Å²) in [5, 5.41) is 46.4. The minimum atomic E-state index is -0.967. The molecule has 1 amide bonds. The summed E-state index contributed by atoms with van der Waals surface area (Å²) in [7, 11) is 3.79. The Labute approximate surface area is 254 Å². The summed E-state index contributed by atoms with van der Waals surface area (Å²) in [6, 6.07) is 0. The van der Waals surface area contributed by atoms with Crippen molar-refractivity contribution in [2.24, 2.45) is 23.7 Å². The number of ether oxygens (including phenoxy) is 1. The van der Waals surface area contributed by atoms with E-state index in [4.69, 9.17) is 4.74 Å². The number of Topliss-reactive ketones (excluding diaryl/α,β-unsaturated/α-hetero) is 1. The van der Waals surface area contributed by atoms with Gasteiger partial charge in [-0.3, -0.25) is 14.4 Å². The van der Waals surface area contributed by atoms with Gasteiger partial charge >= 0.3 is 0 Å². The smallest absolute Gasteiger partial charge is 0.286 e. The van der Waals surface area contributed by atoms with E-state index in [-0.39, 0.29) is 48.1 Å². The van der Waals surface area contributed by atoms with Crippen LogP contribution in [-0.2, 0) is 19.1 Å². The van der Waals surface area contributed by atoms with Gasteiger partial charge < -0.3 is 35.6 Å². The number of amides is 1. The Morgan fingerprint density at radius 1 is 1.16 bits per heavy atom. The standard InChI is InChI=1S/C32H46N4O7/c1-19-12-24(17-38)29(40)21(3)14-22(4)31(43-18-33)23(16-37)9-7-8-20(2)32(42)35-26-15-27(39)28(25(13-19)30(26)41)34-10-11-36(5)6/h7-9,14-15,19,21,23-24,29,31,34,37-38,40H,10-13,16-17H2,1-6H3,(H,35,42)/b9-7-,20-8+,22-14+/t19-,21+,23+,24-,29-,31+/m0/s1. The first kappa shape index (κ1) is 35.6. The van der Waals surface area contributed by atoms with Gasteiger partial charge in [0.15, 0.2) is 0 Å². The second-order valence-corrected chi connectivity index (χ2v) is 11.7. The van der Waals surface area contributed by atoms with Crippen LogP contribution in [0, 0.1) is 35.2 Å². The molecular weight excluding hydrogens is 552 g/mol. The van der Waals surface area contributed by atoms with Crippen LogP contribution < -0.4 is 10.6 Å². The number of nitriles is 1. The molecule has 2 aliphatic rings. The number of ketones is 2. The molecule has 0 aromatic rings. The molecule has 0 aromatic carbocycles. The number of carbonyl (C=O) groups is 3. The van der Waals surface area contributed by atoms with Crippen LogP contribution in [0.4, 0.5) is 0 Å². The lowest BCUT2D eigenvalue weighted by Gasteiger charge is -2.29. The molecule has 11 heteroatoms. The third-order valence-electron chi connectivity index (χ3n) is 7.78. The lowest BCUT2D eigenvalue weighted by atomic mass is 9.81. The van der Waals surface area contributed by atoms with Gasteiger partial charge in [0.1, 0.15) is 6.10 Å². The van der Waals surface area contributed by atoms with E-state index >= 15 is 0 Å². The van der Waals surface area contributed by atoms with Gasteiger partial charge in [-0.15, -0.1) is 0 Å². The van der Waals surface area contributed by atoms with Gasteiger partial charge in [0.2, 0.25) is 11.6 Å². The van der Waals surface area contributed by atoms with Crippen molar-refractivity contribution in [1.29, 1.82) is 5.26 Å². The number of carbonyl (C=O) groups excluding carboxylic acids is 3. The highest BCUT2D eigenvalue weighted by atomic mass is 16.5. The van der Waals surface area contributed by atoms with E-state index in [1.54, 1.807) is 45.3 Å². The molecule has 0 saturated heterocycles. The van der Waals surface area contributed by atoms with Gasteiger partial charge in [0, 0.05) is 54.7 Å². The van der Waals surface area contributed by atoms with Crippen molar-refractivity contribution in [3.05, 3.63) is 58.5 Å². The zero-order chi connectivity index (χ0) is 32.3. The van der Waals surface area contributed by atoms with Gasteiger partial charge in [-0.25, -0.2) is 0 Å². The highest BCUT2D eigenvalue weighted by molar-refractivity contribution is 6.23. The number of nitrogens with one attached hydrogen (secondary N) is 2. The Hall–Kier alpha value is -3.56. The number of likely N-dealkylation sites (N-methyl/N-ethyl adjacent to an activating group) is 1. The average molecular weight is 599 g/mol. The Morgan fingerprint density at radius 3 is 2.47 bits per heavy atom. The summed E-state index contributed by atoms with van der Waals surface area (Å²) in [6.07, 6.45) is 7.95. The van der Waals surface area contributed by atoms with Gasteiger partial charge in [0.05, 0.1) is 24.1 Å². The lowest BCUT2D eigenvalue weighted by molar-refractivity contribution is -0.120. The molecule has 0 radical (unpaired) electrons. The fraction of sp³-hybridized carbons (Fsp3) is 0.562. The number of hydrogen-bond donors (Lipinski definition) is 5. The topological polar surface area (TPSA) is 172 Å². The van der Waals surface area contributed by atoms with Crippen molar-refractivity contribution >= 4 is 17.5 Å². The molecule has 0 saturated carbocycles. The van der Waals surface area contributed by atoms with E-state index in [0.717, 1.165) is 6.08 Å². The molecule has 1 aliphatic heterocycles. The predicted octanol–water partition coefficient (Wildman–Crippen LogP) is 1.50. The zero-order valence-electron chi connectivity index (χ0n) is 26.0. The highest BCUT2D eigenvalue weighted by Crippen LogP contribution is 2.30. The van der Waals surface area contributed by atoms with Crippen molar-refractivity contribution in [3.8, 4) is 6.26 Å². The number of aliphatic hydroxyl groups excluding tert-OH is 3. The summed E-state index contributed by atoms with van der Waals surface area (Å²) in [5.74, 6) is -3.35. The van der Waals surface area contributed by atoms with Gasteiger partial charge in [-0.05, 0) is 52.3 Å². The van der Waals surface area contributed by atoms with Crippen LogP contribution in [0.2, 0.25) is 0 Å². The Balaban J connectivity index is 2.59. The molecule has 0 fully saturated rings. The molecular formula is C32H46N4O7. The van der Waals surface area contributed by atoms with E-state index in [9.17, 15) is 35.0 Å². The van der Waals surface area contributed by atoms with Crippen molar-refractivity contribution in [3.63, 3.8) is 0 Å². The first-order chi connectivity index (χ1) is 20.3. The molecule has 236 valence electrons. The maximum Gasteiger partial charge on any atom is 0.286 e. The zero-order valence-corrected chi connectivity index (χ0v) is 26.0. The van der Waals surface area contributed by atoms with Gasteiger partial charge in [0.25, 0.3) is 12.2 Å². The summed E-state index contributed by atoms with van der Waals surface area (Å²) >= 11 is 0. The molecule has 0 aromatic heterocycles. The normalized spacial score (nSPS) is 31.3. The van der Waals surface area contributed by atoms with Gasteiger partial charge in [-0.2, -0.15) is 5.26 Å². The van der Waals surface area contributed by atoms with Crippen LogP contribution in [0.1, 0.15) is 40.5 Å². The quantitative estimate of drug-likeness (QED) is 0.164. The van der Waals surface area contributed by atoms with E-state index in [0.29, 0.717) is 25.1 Å². The maximum atomic E-state index is 13.6. The molecule has 0 unspecified atom stereocenters. The number of fused-ring (bicyclic) bond motifs is 2. The summed E-state index contributed by atoms with van der Waals surface area (Å²) < 4.78 is 5.28. The minimum Gasteiger partial charge on any atom is -0.419 e. The molecule has 2 rings (SSSR count). The second kappa shape index (κ2) is 16.9. The van der Waals surface area contributed by atoms with Crippen LogP contribution >= 0.6 is 0 Å². The van der Waals surface area contributed by atoms with Crippen LogP contribution in [-0.4, -0.2) is 90.3 Å². The van der Waals surface area contributed by atoms with Crippen molar-refractivity contribution in [2.45, 2.75) is 52.7 Å². The molecule has 5 N–H and O–H groups in total. The van der Waals surface area contributed by atoms with E-state index in [2.05, 4.69) is 10.6 Å². The molecule has 43 heavy (non-hydrogen) atoms. The van der Waals surface area contributed by atoms with Gasteiger partial charge in [-0.1, -0.05) is 38.2 Å². The van der Waals surface area contributed by atoms with Crippen molar-refractivity contribution in [1.82, 2.24) is 15.5 Å². The Kier molecular flexibility index (Phi) is 14.0. The average Bonchev–Trinajstić information content (AvgIpc) is 2.95. The van der Waals surface area contributed by atoms with Crippen molar-refractivity contribution in [2.75, 3.05) is 40.4 Å². The third-order valence-corrected chi connectivity index (χ3v) is 7.78. The summed E-state index contributed by atoms with van der Waals surface area (Å²) in [4.78, 5) is 41.8. The molecule has 0 spiro atoms. The fourth-order valence-electron chi connectivity index (χ4n) is 5.36. The van der Waals surface area contributed by atoms with Crippen LogP contribution in [0.15, 0.2) is 58.5 Å². The molecule has 6 atom stereocenters. The maximum absolute atomic E-state index is 13.6. The molecule has 11 nitrogen and oxygen atoms in total. The molecule has 1 heterocycles. The number of allylic oxidation sites excluding steroid dienone is 4. The monoisotopic (exact) mass is 598 g/mol. The van der Waals surface area contributed by atoms with Crippen LogP contribution in [0.25, 0.3) is 0 Å². The van der Waals surface area contributed by atoms with Crippen LogP contribution in [0.3, 0.4) is 0 Å². The molecule has 1 aliphatic carbocycles. The predicted molar refractivity (Wildman–Crippen MR) is 162 cm³/mol. The highest BCUT2D eigenvalue weighted by Gasteiger charge is 2.33. The van der Waals surface area contributed by atoms with Crippen molar-refractivity contribution < 1.29 is 34.4 Å². The minimum absolute atomic E-state index is 0.132. The molecule has 2 bridgehead atoms. The third kappa shape index (κ3) is 10.0. The number of hydrogen-bond acceptors (Lipinski definition) is 10. The van der Waals surface area contributed by atoms with E-state index < -0.39 is 47.4 Å². The Morgan fingerprint density at radius 2 is 1.86 bits per heavy atom. The van der Waals surface area contributed by atoms with E-state index in [1.165, 1.54) is 6.08 Å². The van der Waals surface area contributed by atoms with Crippen LogP contribution in [0.5, 0.6) is 0 Å². The number of nitrogens with zero attached hydrogens (tertiary/aromatic N) is 2. The first-order valence-electron chi connectivity index (χ1n) is 14.6. The SMILES string of the molecule is C/C1=C\C=C/[C@H](CO)[C@H](OC#N)/C(C)=C/[C@@H](C)[C@H](O)[C@H](CO)C[C@H](C)CC2=C(NCCN(C)C)C(=O)C=C(NC1=O)C2=O. The largest absolute Gasteiger partial charge is 0.419 e. The number of rotatable bonds is 7. The first-order valence-corrected chi connectivity index (χ1v) is 14.6. The van der Waals surface area contributed by atoms with E-state index in [1.807, 2.05) is 25.9 Å². The summed E-state index contributed by atoms with van der Waals surface area (Å²) in [6.45, 7) is 7.34. The summed E-state index contributed by atoms with van der Waals surface area (Å²) in [5.41, 5.74) is 1.15. The lowest BCUT2D eigenvalue weighted by Crippen LogP contribution is -2.38. The Bertz CT molecular complexity index is 1220. The fourth-order valence-corrected chi connectivity index (χ4v) is 5.36.